The molecule has 1 N–H and O–H groups in total. The summed E-state index contributed by atoms with van der Waals surface area (Å²) in [5, 5.41) is 4.21. The molecule has 1 aliphatic rings. The summed E-state index contributed by atoms with van der Waals surface area (Å²) in [5.74, 6) is 0.262. The van der Waals surface area contributed by atoms with Crippen molar-refractivity contribution in [1.29, 1.82) is 0 Å². The summed E-state index contributed by atoms with van der Waals surface area (Å²) >= 11 is 5.93. The van der Waals surface area contributed by atoms with Gasteiger partial charge in [-0.3, -0.25) is 4.79 Å². The summed E-state index contributed by atoms with van der Waals surface area (Å²) in [6, 6.07) is 18.5. The first-order valence-corrected chi connectivity index (χ1v) is 8.89. The van der Waals surface area contributed by atoms with E-state index in [1.165, 1.54) is 5.56 Å². The number of hydrogen-bond acceptors (Lipinski definition) is 2. The molecule has 1 fully saturated rings. The van der Waals surface area contributed by atoms with Crippen molar-refractivity contribution >= 4 is 17.5 Å². The maximum atomic E-state index is 12.2. The van der Waals surface area contributed by atoms with Crippen molar-refractivity contribution in [3.8, 4) is 0 Å². The lowest BCUT2D eigenvalue weighted by molar-refractivity contribution is -0.129. The van der Waals surface area contributed by atoms with Crippen molar-refractivity contribution in [3.05, 3.63) is 70.7 Å². The molecule has 0 spiro atoms. The Morgan fingerprint density at radius 2 is 1.79 bits per heavy atom. The number of nitrogens with one attached hydrogen (secondary N) is 1. The van der Waals surface area contributed by atoms with E-state index in [1.807, 2.05) is 35.2 Å². The molecule has 4 heteroatoms. The van der Waals surface area contributed by atoms with Crippen LogP contribution >= 0.6 is 11.6 Å². The average molecular weight is 343 g/mol. The Hall–Kier alpha value is -1.84. The predicted octanol–water partition coefficient (Wildman–Crippen LogP) is 4.01. The van der Waals surface area contributed by atoms with Gasteiger partial charge in [-0.15, -0.1) is 0 Å². The zero-order valence-corrected chi connectivity index (χ0v) is 14.5. The number of nitrogens with zero attached hydrogens (tertiary/aromatic N) is 1. The molecule has 0 unspecified atom stereocenters. The number of halogens is 1. The predicted molar refractivity (Wildman–Crippen MR) is 97.8 cm³/mol. The number of rotatable bonds is 7. The van der Waals surface area contributed by atoms with Crippen LogP contribution in [0.4, 0.5) is 0 Å². The molecular weight excluding hydrogens is 320 g/mol. The van der Waals surface area contributed by atoms with E-state index in [9.17, 15) is 4.79 Å². The Bertz CT molecular complexity index is 657. The molecule has 0 radical (unpaired) electrons. The smallest absolute Gasteiger partial charge is 0.223 e. The minimum Gasteiger partial charge on any atom is -0.335 e. The number of benzene rings is 2. The van der Waals surface area contributed by atoms with Crippen LogP contribution in [0.5, 0.6) is 0 Å². The first-order valence-electron chi connectivity index (χ1n) is 8.51. The van der Waals surface area contributed by atoms with E-state index >= 15 is 0 Å². The van der Waals surface area contributed by atoms with Gasteiger partial charge in [0.2, 0.25) is 5.91 Å². The van der Waals surface area contributed by atoms with Gasteiger partial charge in [0.15, 0.2) is 0 Å². The Morgan fingerprint density at radius 1 is 1.04 bits per heavy atom. The molecule has 1 amide bonds. The Labute approximate surface area is 148 Å². The molecule has 24 heavy (non-hydrogen) atoms. The zero-order chi connectivity index (χ0) is 16.8. The number of carbonyl (C=O) groups excluding carboxylic acids is 1. The molecule has 3 nitrogen and oxygen atoms in total. The molecule has 1 atom stereocenters. The molecule has 1 heterocycles. The molecule has 0 saturated carbocycles. The summed E-state index contributed by atoms with van der Waals surface area (Å²) in [6.45, 7) is 2.47. The van der Waals surface area contributed by atoms with Crippen LogP contribution in [-0.2, 0) is 17.9 Å². The van der Waals surface area contributed by atoms with Gasteiger partial charge >= 0.3 is 0 Å². The van der Waals surface area contributed by atoms with E-state index in [0.717, 1.165) is 36.5 Å². The Morgan fingerprint density at radius 3 is 2.54 bits per heavy atom. The molecule has 1 aliphatic heterocycles. The number of likely N-dealkylation sites (tertiary alicyclic amines) is 1. The van der Waals surface area contributed by atoms with Gasteiger partial charge in [0.1, 0.15) is 0 Å². The first-order chi connectivity index (χ1) is 11.7. The molecule has 2 aromatic rings. The number of hydrogen-bond donors (Lipinski definition) is 1. The largest absolute Gasteiger partial charge is 0.335 e. The molecule has 2 aromatic carbocycles. The second-order valence-electron chi connectivity index (χ2n) is 6.29. The maximum Gasteiger partial charge on any atom is 0.223 e. The van der Waals surface area contributed by atoms with Gasteiger partial charge in [-0.05, 0) is 42.6 Å². The van der Waals surface area contributed by atoms with Gasteiger partial charge in [0.25, 0.3) is 0 Å². The van der Waals surface area contributed by atoms with Crippen molar-refractivity contribution in [1.82, 2.24) is 10.2 Å². The summed E-state index contributed by atoms with van der Waals surface area (Å²) in [6.07, 6.45) is 2.61. The van der Waals surface area contributed by atoms with Crippen LogP contribution in [0.1, 0.15) is 30.4 Å². The summed E-state index contributed by atoms with van der Waals surface area (Å²) in [7, 11) is 0. The van der Waals surface area contributed by atoms with Gasteiger partial charge in [-0.2, -0.15) is 0 Å². The van der Waals surface area contributed by atoms with Gasteiger partial charge in [0.05, 0.1) is 0 Å². The third-order valence-corrected chi connectivity index (χ3v) is 4.80. The maximum absolute atomic E-state index is 12.2. The molecule has 3 rings (SSSR count). The van der Waals surface area contributed by atoms with E-state index in [1.54, 1.807) is 0 Å². The van der Waals surface area contributed by atoms with Gasteiger partial charge in [0, 0.05) is 30.6 Å². The fourth-order valence-electron chi connectivity index (χ4n) is 3.19. The number of amides is 1. The van der Waals surface area contributed by atoms with Gasteiger partial charge < -0.3 is 10.2 Å². The Kier molecular flexibility index (Phi) is 5.89. The van der Waals surface area contributed by atoms with Crippen LogP contribution in [-0.4, -0.2) is 23.4 Å². The normalized spacial score (nSPS) is 17.5. The lowest BCUT2D eigenvalue weighted by Crippen LogP contribution is -2.34. The fourth-order valence-corrected chi connectivity index (χ4v) is 3.32. The van der Waals surface area contributed by atoms with Crippen LogP contribution < -0.4 is 5.32 Å². The molecule has 0 aromatic heterocycles. The topological polar surface area (TPSA) is 32.3 Å². The third kappa shape index (κ3) is 4.59. The molecule has 0 aliphatic carbocycles. The quantitative estimate of drug-likeness (QED) is 0.771. The Balaban J connectivity index is 1.48. The second kappa shape index (κ2) is 8.32. The highest BCUT2D eigenvalue weighted by Crippen LogP contribution is 2.24. The summed E-state index contributed by atoms with van der Waals surface area (Å²) < 4.78 is 0. The fraction of sp³-hybridized carbons (Fsp3) is 0.350. The molecular formula is C20H23ClN2O. The van der Waals surface area contributed by atoms with E-state index < -0.39 is 0 Å². The number of carbonyl (C=O) groups is 1. The minimum atomic E-state index is 0.262. The van der Waals surface area contributed by atoms with Crippen molar-refractivity contribution in [3.63, 3.8) is 0 Å². The molecule has 126 valence electrons. The molecule has 0 bridgehead atoms. The molecule has 1 saturated heterocycles. The van der Waals surface area contributed by atoms with Crippen LogP contribution in [0.2, 0.25) is 5.02 Å². The highest BCUT2D eigenvalue weighted by molar-refractivity contribution is 6.30. The van der Waals surface area contributed by atoms with Crippen LogP contribution in [0.3, 0.4) is 0 Å². The SMILES string of the molecule is O=C1CC[C@H](CCNCc2ccccc2)N1Cc1ccc(Cl)cc1. The van der Waals surface area contributed by atoms with Crippen molar-refractivity contribution in [2.45, 2.75) is 38.4 Å². The van der Waals surface area contributed by atoms with Gasteiger partial charge in [-0.25, -0.2) is 0 Å². The van der Waals surface area contributed by atoms with Crippen molar-refractivity contribution in [2.75, 3.05) is 6.54 Å². The van der Waals surface area contributed by atoms with Crippen LogP contribution in [0.25, 0.3) is 0 Å². The lowest BCUT2D eigenvalue weighted by atomic mass is 10.1. The first kappa shape index (κ1) is 17.0. The van der Waals surface area contributed by atoms with Crippen molar-refractivity contribution in [2.24, 2.45) is 0 Å². The second-order valence-corrected chi connectivity index (χ2v) is 6.73. The zero-order valence-electron chi connectivity index (χ0n) is 13.7. The average Bonchev–Trinajstić information content (AvgIpc) is 2.95. The minimum absolute atomic E-state index is 0.262. The van der Waals surface area contributed by atoms with E-state index in [2.05, 4.69) is 29.6 Å². The van der Waals surface area contributed by atoms with E-state index in [0.29, 0.717) is 19.0 Å². The monoisotopic (exact) mass is 342 g/mol. The standard InChI is InChI=1S/C20H23ClN2O/c21-18-8-6-17(7-9-18)15-23-19(10-11-20(23)24)12-13-22-14-16-4-2-1-3-5-16/h1-9,19,22H,10-15H2/t19-/m1/s1. The third-order valence-electron chi connectivity index (χ3n) is 4.55. The van der Waals surface area contributed by atoms with E-state index in [4.69, 9.17) is 11.6 Å². The lowest BCUT2D eigenvalue weighted by Gasteiger charge is -2.25. The summed E-state index contributed by atoms with van der Waals surface area (Å²) in [5.41, 5.74) is 2.43. The van der Waals surface area contributed by atoms with E-state index in [-0.39, 0.29) is 5.91 Å². The highest BCUT2D eigenvalue weighted by Gasteiger charge is 2.30. The van der Waals surface area contributed by atoms with Crippen molar-refractivity contribution < 1.29 is 4.79 Å². The van der Waals surface area contributed by atoms with Crippen LogP contribution in [0.15, 0.2) is 54.6 Å². The summed E-state index contributed by atoms with van der Waals surface area (Å²) in [4.78, 5) is 14.2. The van der Waals surface area contributed by atoms with Crippen LogP contribution in [0, 0.1) is 0 Å². The highest BCUT2D eigenvalue weighted by atomic mass is 35.5. The van der Waals surface area contributed by atoms with Gasteiger partial charge in [-0.1, -0.05) is 54.1 Å².